The number of hydrogen-bond donors (Lipinski definition) is 2. The van der Waals surface area contributed by atoms with E-state index in [2.05, 4.69) is 9.97 Å². The molecule has 0 radical (unpaired) electrons. The highest BCUT2D eigenvalue weighted by Gasteiger charge is 2.05. The molecule has 4 nitrogen and oxygen atoms in total. The number of halogens is 1. The van der Waals surface area contributed by atoms with Gasteiger partial charge in [0.2, 0.25) is 0 Å². The zero-order chi connectivity index (χ0) is 12.5. The summed E-state index contributed by atoms with van der Waals surface area (Å²) < 4.78 is 0. The van der Waals surface area contributed by atoms with Gasteiger partial charge >= 0.3 is 0 Å². The van der Waals surface area contributed by atoms with E-state index < -0.39 is 5.54 Å². The molecule has 1 aromatic carbocycles. The molecule has 2 rings (SSSR count). The molecule has 0 atom stereocenters. The van der Waals surface area contributed by atoms with E-state index in [9.17, 15) is 4.79 Å². The van der Waals surface area contributed by atoms with Crippen molar-refractivity contribution in [2.24, 2.45) is 5.73 Å². The number of H-pyrrole nitrogens is 1. The minimum atomic E-state index is -0.426. The molecule has 0 unspecified atom stereocenters. The number of aromatic nitrogens is 2. The molecule has 0 aliphatic carbocycles. The second-order valence-corrected chi connectivity index (χ2v) is 4.62. The van der Waals surface area contributed by atoms with Crippen molar-refractivity contribution in [2.45, 2.75) is 19.4 Å². The van der Waals surface area contributed by atoms with Crippen LogP contribution in [0.1, 0.15) is 19.7 Å². The summed E-state index contributed by atoms with van der Waals surface area (Å²) in [6.45, 7) is 3.76. The van der Waals surface area contributed by atoms with E-state index in [0.29, 0.717) is 16.7 Å². The Morgan fingerprint density at radius 2 is 2.00 bits per heavy atom. The first-order valence-electron chi connectivity index (χ1n) is 5.43. The second kappa shape index (κ2) is 5.33. The van der Waals surface area contributed by atoms with E-state index >= 15 is 0 Å². The number of para-hydroxylation sites is 1. The van der Waals surface area contributed by atoms with Gasteiger partial charge in [0, 0.05) is 5.54 Å². The van der Waals surface area contributed by atoms with Gasteiger partial charge in [-0.15, -0.1) is 12.4 Å². The van der Waals surface area contributed by atoms with Crippen LogP contribution >= 0.6 is 12.4 Å². The molecule has 2 aromatic rings. The lowest BCUT2D eigenvalue weighted by molar-refractivity contribution is 0.657. The van der Waals surface area contributed by atoms with Gasteiger partial charge in [-0.3, -0.25) is 4.79 Å². The number of aromatic amines is 1. The summed E-state index contributed by atoms with van der Waals surface area (Å²) >= 11 is 0. The predicted molar refractivity (Wildman–Crippen MR) is 76.9 cm³/mol. The quantitative estimate of drug-likeness (QED) is 0.873. The highest BCUT2D eigenvalue weighted by molar-refractivity contribution is 5.85. The van der Waals surface area contributed by atoms with Crippen LogP contribution in [0.4, 0.5) is 0 Å². The first kappa shape index (κ1) is 14.4. The SMILES string of the molecule is CC(C)(N)/C=C/c1nc2ccccc2c(=O)[nH]1.Cl. The van der Waals surface area contributed by atoms with E-state index in [1.165, 1.54) is 0 Å². The molecule has 0 spiro atoms. The summed E-state index contributed by atoms with van der Waals surface area (Å²) in [7, 11) is 0. The van der Waals surface area contributed by atoms with Crippen LogP contribution in [-0.4, -0.2) is 15.5 Å². The first-order valence-corrected chi connectivity index (χ1v) is 5.43. The molecule has 1 heterocycles. The second-order valence-electron chi connectivity index (χ2n) is 4.62. The molecule has 1 aromatic heterocycles. The summed E-state index contributed by atoms with van der Waals surface area (Å²) in [4.78, 5) is 18.8. The average molecular weight is 266 g/mol. The Labute approximate surface area is 111 Å². The largest absolute Gasteiger partial charge is 0.322 e. The topological polar surface area (TPSA) is 71.8 Å². The molecule has 0 aliphatic heterocycles. The molecule has 5 heteroatoms. The van der Waals surface area contributed by atoms with Gasteiger partial charge in [-0.2, -0.15) is 0 Å². The normalized spacial score (nSPS) is 11.7. The fraction of sp³-hybridized carbons (Fsp3) is 0.231. The summed E-state index contributed by atoms with van der Waals surface area (Å²) in [6, 6.07) is 7.24. The Morgan fingerprint density at radius 1 is 1.33 bits per heavy atom. The summed E-state index contributed by atoms with van der Waals surface area (Å²) in [6.07, 6.45) is 3.54. The number of benzene rings is 1. The molecule has 96 valence electrons. The average Bonchev–Trinajstić information content (AvgIpc) is 2.26. The molecular weight excluding hydrogens is 250 g/mol. The minimum absolute atomic E-state index is 0. The van der Waals surface area contributed by atoms with Gasteiger partial charge < -0.3 is 10.7 Å². The number of nitrogens with two attached hydrogens (primary N) is 1. The third-order valence-corrected chi connectivity index (χ3v) is 2.30. The van der Waals surface area contributed by atoms with Crippen molar-refractivity contribution in [3.63, 3.8) is 0 Å². The van der Waals surface area contributed by atoms with E-state index in [-0.39, 0.29) is 18.0 Å². The third kappa shape index (κ3) is 3.42. The van der Waals surface area contributed by atoms with Gasteiger partial charge in [-0.1, -0.05) is 18.2 Å². The summed E-state index contributed by atoms with van der Waals surface area (Å²) in [5, 5.41) is 0.594. The van der Waals surface area contributed by atoms with Gasteiger partial charge in [0.15, 0.2) is 0 Å². The molecule has 0 amide bonds. The number of rotatable bonds is 2. The van der Waals surface area contributed by atoms with E-state index in [1.54, 1.807) is 18.2 Å². The van der Waals surface area contributed by atoms with Gasteiger partial charge in [0.25, 0.3) is 5.56 Å². The Hall–Kier alpha value is -1.65. The number of nitrogens with one attached hydrogen (secondary N) is 1. The fourth-order valence-corrected chi connectivity index (χ4v) is 1.48. The summed E-state index contributed by atoms with van der Waals surface area (Å²) in [5.41, 5.74) is 5.95. The van der Waals surface area contributed by atoms with Gasteiger partial charge in [-0.05, 0) is 32.1 Å². The van der Waals surface area contributed by atoms with Crippen molar-refractivity contribution in [2.75, 3.05) is 0 Å². The van der Waals surface area contributed by atoms with Crippen LogP contribution in [-0.2, 0) is 0 Å². The Bertz CT molecular complexity index is 626. The van der Waals surface area contributed by atoms with Crippen molar-refractivity contribution in [3.8, 4) is 0 Å². The van der Waals surface area contributed by atoms with Crippen LogP contribution in [0.5, 0.6) is 0 Å². The van der Waals surface area contributed by atoms with Gasteiger partial charge in [0.1, 0.15) is 5.82 Å². The maximum absolute atomic E-state index is 11.8. The van der Waals surface area contributed by atoms with Crippen molar-refractivity contribution in [1.29, 1.82) is 0 Å². The highest BCUT2D eigenvalue weighted by atomic mass is 35.5. The maximum atomic E-state index is 11.8. The van der Waals surface area contributed by atoms with Crippen LogP contribution < -0.4 is 11.3 Å². The van der Waals surface area contributed by atoms with Crippen molar-refractivity contribution in [1.82, 2.24) is 9.97 Å². The highest BCUT2D eigenvalue weighted by Crippen LogP contribution is 2.07. The van der Waals surface area contributed by atoms with Crippen molar-refractivity contribution in [3.05, 3.63) is 46.5 Å². The molecule has 0 saturated carbocycles. The maximum Gasteiger partial charge on any atom is 0.259 e. The Balaban J connectivity index is 0.00000162. The minimum Gasteiger partial charge on any atom is -0.322 e. The lowest BCUT2D eigenvalue weighted by Gasteiger charge is -2.11. The van der Waals surface area contributed by atoms with Crippen LogP contribution in [0, 0.1) is 0 Å². The monoisotopic (exact) mass is 265 g/mol. The predicted octanol–water partition coefficient (Wildman–Crippen LogP) is 2.10. The van der Waals surface area contributed by atoms with Gasteiger partial charge in [0.05, 0.1) is 10.9 Å². The zero-order valence-electron chi connectivity index (χ0n) is 10.3. The van der Waals surface area contributed by atoms with E-state index in [1.807, 2.05) is 32.0 Å². The van der Waals surface area contributed by atoms with Crippen LogP contribution in [0.2, 0.25) is 0 Å². The van der Waals surface area contributed by atoms with Crippen LogP contribution in [0.3, 0.4) is 0 Å². The standard InChI is InChI=1S/C13H15N3O.ClH/c1-13(2,14)8-7-11-15-10-6-4-3-5-9(10)12(17)16-11;/h3-8H,14H2,1-2H3,(H,15,16,17);1H/b8-7+;. The molecule has 0 fully saturated rings. The van der Waals surface area contributed by atoms with Crippen LogP contribution in [0.15, 0.2) is 35.1 Å². The lowest BCUT2D eigenvalue weighted by Crippen LogP contribution is -2.28. The number of fused-ring (bicyclic) bond motifs is 1. The third-order valence-electron chi connectivity index (χ3n) is 2.30. The smallest absolute Gasteiger partial charge is 0.259 e. The molecule has 0 saturated heterocycles. The first-order chi connectivity index (χ1) is 7.96. The lowest BCUT2D eigenvalue weighted by atomic mass is 10.1. The molecular formula is C13H16ClN3O. The fourth-order valence-electron chi connectivity index (χ4n) is 1.48. The molecule has 0 bridgehead atoms. The Morgan fingerprint density at radius 3 is 2.67 bits per heavy atom. The molecule has 18 heavy (non-hydrogen) atoms. The molecule has 3 N–H and O–H groups in total. The van der Waals surface area contributed by atoms with E-state index in [4.69, 9.17) is 5.73 Å². The van der Waals surface area contributed by atoms with Crippen molar-refractivity contribution < 1.29 is 0 Å². The molecule has 0 aliphatic rings. The number of hydrogen-bond acceptors (Lipinski definition) is 3. The Kier molecular flexibility index (Phi) is 4.27. The van der Waals surface area contributed by atoms with E-state index in [0.717, 1.165) is 0 Å². The zero-order valence-corrected chi connectivity index (χ0v) is 11.1. The van der Waals surface area contributed by atoms with Gasteiger partial charge in [-0.25, -0.2) is 4.98 Å². The number of nitrogens with zero attached hydrogens (tertiary/aromatic N) is 1. The summed E-state index contributed by atoms with van der Waals surface area (Å²) in [5.74, 6) is 0.521. The van der Waals surface area contributed by atoms with Crippen LogP contribution in [0.25, 0.3) is 17.0 Å². The van der Waals surface area contributed by atoms with Crippen molar-refractivity contribution >= 4 is 29.4 Å².